The molecule has 0 bridgehead atoms. The van der Waals surface area contributed by atoms with E-state index in [-0.39, 0.29) is 34.7 Å². The molecule has 1 aromatic rings. The lowest BCUT2D eigenvalue weighted by atomic mass is 10.0. The number of hydrogen-bond donors (Lipinski definition) is 1. The Bertz CT molecular complexity index is 772. The van der Waals surface area contributed by atoms with Crippen LogP contribution < -0.4 is 5.32 Å². The van der Waals surface area contributed by atoms with Gasteiger partial charge in [-0.25, -0.2) is 8.42 Å². The van der Waals surface area contributed by atoms with Crippen LogP contribution in [0.3, 0.4) is 0 Å². The predicted molar refractivity (Wildman–Crippen MR) is 83.7 cm³/mol. The summed E-state index contributed by atoms with van der Waals surface area (Å²) in [6.07, 6.45) is 1.34. The van der Waals surface area contributed by atoms with E-state index >= 15 is 0 Å². The van der Waals surface area contributed by atoms with Gasteiger partial charge in [-0.2, -0.15) is 4.31 Å². The number of halogens is 1. The molecule has 1 aliphatic heterocycles. The molecular formula is C13H14ClN3O5S. The lowest BCUT2D eigenvalue weighted by Gasteiger charge is -2.37. The molecule has 124 valence electrons. The number of nitro benzene ring substituents is 1. The molecule has 2 aliphatic rings. The zero-order chi connectivity index (χ0) is 16.8. The molecule has 1 N–H and O–H groups in total. The Morgan fingerprint density at radius 2 is 2.00 bits per heavy atom. The highest BCUT2D eigenvalue weighted by Crippen LogP contribution is 2.35. The molecule has 8 nitrogen and oxygen atoms in total. The average molecular weight is 360 g/mol. The minimum atomic E-state index is -3.27. The van der Waals surface area contributed by atoms with E-state index in [1.807, 2.05) is 0 Å². The zero-order valence-electron chi connectivity index (χ0n) is 11.9. The van der Waals surface area contributed by atoms with Crippen molar-refractivity contribution in [2.75, 3.05) is 18.4 Å². The van der Waals surface area contributed by atoms with E-state index in [4.69, 9.17) is 11.6 Å². The van der Waals surface area contributed by atoms with Gasteiger partial charge in [0.1, 0.15) is 5.69 Å². The summed E-state index contributed by atoms with van der Waals surface area (Å²) in [7, 11) is -3.27. The van der Waals surface area contributed by atoms with E-state index in [2.05, 4.69) is 5.32 Å². The van der Waals surface area contributed by atoms with Crippen LogP contribution >= 0.6 is 11.6 Å². The van der Waals surface area contributed by atoms with E-state index in [0.29, 0.717) is 12.8 Å². The Hall–Kier alpha value is -1.71. The molecule has 0 aromatic heterocycles. The summed E-state index contributed by atoms with van der Waals surface area (Å²) < 4.78 is 25.2. The van der Waals surface area contributed by atoms with Gasteiger partial charge < -0.3 is 5.32 Å². The van der Waals surface area contributed by atoms with E-state index in [1.165, 1.54) is 22.5 Å². The highest BCUT2D eigenvalue weighted by molar-refractivity contribution is 7.90. The van der Waals surface area contributed by atoms with Crippen LogP contribution in [-0.2, 0) is 14.8 Å². The second-order valence-corrected chi connectivity index (χ2v) is 8.32. The fourth-order valence-electron chi connectivity index (χ4n) is 2.39. The number of carbonyl (C=O) groups excluding carboxylic acids is 1. The minimum absolute atomic E-state index is 0.0102. The molecule has 1 aliphatic carbocycles. The first-order valence-electron chi connectivity index (χ1n) is 7.03. The molecule has 0 spiro atoms. The molecule has 1 saturated carbocycles. The number of nitro groups is 1. The van der Waals surface area contributed by atoms with Gasteiger partial charge in [0.2, 0.25) is 15.9 Å². The maximum Gasteiger partial charge on any atom is 0.292 e. The van der Waals surface area contributed by atoms with Gasteiger partial charge in [-0.15, -0.1) is 0 Å². The Balaban J connectivity index is 1.65. The quantitative estimate of drug-likeness (QED) is 0.634. The van der Waals surface area contributed by atoms with Gasteiger partial charge in [-0.3, -0.25) is 14.9 Å². The van der Waals surface area contributed by atoms with Gasteiger partial charge in [-0.1, -0.05) is 11.6 Å². The van der Waals surface area contributed by atoms with Crippen LogP contribution in [-0.4, -0.2) is 41.9 Å². The number of nitrogens with one attached hydrogen (secondary N) is 1. The molecule has 0 atom stereocenters. The van der Waals surface area contributed by atoms with Crippen molar-refractivity contribution in [3.63, 3.8) is 0 Å². The van der Waals surface area contributed by atoms with Crippen molar-refractivity contribution in [3.8, 4) is 0 Å². The van der Waals surface area contributed by atoms with Crippen LogP contribution in [0.15, 0.2) is 18.2 Å². The molecular weight excluding hydrogens is 346 g/mol. The number of sulfonamides is 1. The molecule has 0 radical (unpaired) electrons. The van der Waals surface area contributed by atoms with Crippen LogP contribution in [0, 0.1) is 16.0 Å². The molecule has 23 heavy (non-hydrogen) atoms. The van der Waals surface area contributed by atoms with Gasteiger partial charge in [0.05, 0.1) is 16.1 Å². The summed E-state index contributed by atoms with van der Waals surface area (Å²) in [5.41, 5.74) is -0.250. The number of amides is 1. The van der Waals surface area contributed by atoms with Crippen molar-refractivity contribution in [2.24, 2.45) is 5.92 Å². The summed E-state index contributed by atoms with van der Waals surface area (Å²) in [6.45, 7) is 0.220. The minimum Gasteiger partial charge on any atom is -0.320 e. The van der Waals surface area contributed by atoms with Crippen LogP contribution in [0.2, 0.25) is 5.02 Å². The number of hydrogen-bond acceptors (Lipinski definition) is 5. The Morgan fingerprint density at radius 1 is 1.35 bits per heavy atom. The molecule has 1 aromatic carbocycles. The Kier molecular flexibility index (Phi) is 4.03. The van der Waals surface area contributed by atoms with Crippen molar-refractivity contribution >= 4 is 38.9 Å². The van der Waals surface area contributed by atoms with E-state index < -0.39 is 26.8 Å². The largest absolute Gasteiger partial charge is 0.320 e. The van der Waals surface area contributed by atoms with Crippen LogP contribution in [0.4, 0.5) is 11.4 Å². The SMILES string of the molecule is O=C(Nc1cc(Cl)ccc1[N+](=O)[O-])C1CN(S(=O)(=O)C2CC2)C1. The molecule has 1 amide bonds. The monoisotopic (exact) mass is 359 g/mol. The summed E-state index contributed by atoms with van der Waals surface area (Å²) >= 11 is 5.80. The van der Waals surface area contributed by atoms with Crippen molar-refractivity contribution in [1.29, 1.82) is 0 Å². The first kappa shape index (κ1) is 16.2. The van der Waals surface area contributed by atoms with Crippen LogP contribution in [0.1, 0.15) is 12.8 Å². The zero-order valence-corrected chi connectivity index (χ0v) is 13.5. The summed E-state index contributed by atoms with van der Waals surface area (Å²) in [4.78, 5) is 22.5. The second kappa shape index (κ2) is 5.73. The normalized spacial score (nSPS) is 19.2. The molecule has 1 saturated heterocycles. The third-order valence-electron chi connectivity index (χ3n) is 3.94. The maximum absolute atomic E-state index is 12.1. The average Bonchev–Trinajstić information content (AvgIpc) is 3.20. The third kappa shape index (κ3) is 3.17. The van der Waals surface area contributed by atoms with E-state index in [0.717, 1.165) is 0 Å². The summed E-state index contributed by atoms with van der Waals surface area (Å²) in [5, 5.41) is 13.4. The fraction of sp³-hybridized carbons (Fsp3) is 0.462. The lowest BCUT2D eigenvalue weighted by molar-refractivity contribution is -0.383. The van der Waals surface area contributed by atoms with Crippen LogP contribution in [0.5, 0.6) is 0 Å². The van der Waals surface area contributed by atoms with Crippen molar-refractivity contribution < 1.29 is 18.1 Å². The number of anilines is 1. The smallest absolute Gasteiger partial charge is 0.292 e. The second-order valence-electron chi connectivity index (χ2n) is 5.67. The highest BCUT2D eigenvalue weighted by atomic mass is 35.5. The first-order valence-corrected chi connectivity index (χ1v) is 8.91. The molecule has 1 heterocycles. The van der Waals surface area contributed by atoms with Gasteiger partial charge in [-0.05, 0) is 25.0 Å². The number of nitrogens with zero attached hydrogens (tertiary/aromatic N) is 2. The highest BCUT2D eigenvalue weighted by Gasteiger charge is 2.47. The van der Waals surface area contributed by atoms with E-state index in [1.54, 1.807) is 0 Å². The standard InChI is InChI=1S/C13H14ClN3O5S/c14-9-1-4-12(17(19)20)11(5-9)15-13(18)8-6-16(7-8)23(21,22)10-2-3-10/h1,4-5,8,10H,2-3,6-7H2,(H,15,18). The Labute approximate surface area is 137 Å². The van der Waals surface area contributed by atoms with E-state index in [9.17, 15) is 23.3 Å². The third-order valence-corrected chi connectivity index (χ3v) is 6.50. The van der Waals surface area contributed by atoms with Gasteiger partial charge in [0.15, 0.2) is 0 Å². The summed E-state index contributed by atoms with van der Waals surface area (Å²) in [5.74, 6) is -0.959. The lowest BCUT2D eigenvalue weighted by Crippen LogP contribution is -2.55. The van der Waals surface area contributed by atoms with Gasteiger partial charge in [0.25, 0.3) is 5.69 Å². The molecule has 0 unspecified atom stereocenters. The number of carbonyl (C=O) groups is 1. The Morgan fingerprint density at radius 3 is 2.57 bits per heavy atom. The molecule has 2 fully saturated rings. The van der Waals surface area contributed by atoms with Crippen molar-refractivity contribution in [1.82, 2.24) is 4.31 Å². The van der Waals surface area contributed by atoms with Gasteiger partial charge in [0, 0.05) is 24.2 Å². The maximum atomic E-state index is 12.1. The predicted octanol–water partition coefficient (Wildman–Crippen LogP) is 1.61. The van der Waals surface area contributed by atoms with Gasteiger partial charge >= 0.3 is 0 Å². The first-order chi connectivity index (χ1) is 10.8. The molecule has 10 heteroatoms. The van der Waals surface area contributed by atoms with Crippen molar-refractivity contribution in [3.05, 3.63) is 33.3 Å². The van der Waals surface area contributed by atoms with Crippen LogP contribution in [0.25, 0.3) is 0 Å². The molecule has 3 rings (SSSR count). The van der Waals surface area contributed by atoms with Crippen molar-refractivity contribution in [2.45, 2.75) is 18.1 Å². The number of rotatable bonds is 5. The topological polar surface area (TPSA) is 110 Å². The number of benzene rings is 1. The summed E-state index contributed by atoms with van der Waals surface area (Å²) in [6, 6.07) is 3.88. The fourth-order valence-corrected chi connectivity index (χ4v) is 4.49.